The highest BCUT2D eigenvalue weighted by Gasteiger charge is 2.35. The van der Waals surface area contributed by atoms with Gasteiger partial charge in [-0.05, 0) is 60.2 Å². The number of hydrogen-bond acceptors (Lipinski definition) is 6. The number of thioether (sulfide) groups is 1. The minimum absolute atomic E-state index is 0.129. The summed E-state index contributed by atoms with van der Waals surface area (Å²) in [5, 5.41) is -0.346. The van der Waals surface area contributed by atoms with Gasteiger partial charge >= 0.3 is 0 Å². The molecule has 10 heteroatoms. The van der Waals surface area contributed by atoms with Crippen LogP contribution in [0.25, 0.3) is 6.08 Å². The number of rotatable bonds is 8. The number of ether oxygens (including phenoxy) is 2. The molecule has 1 aliphatic heterocycles. The van der Waals surface area contributed by atoms with E-state index in [1.165, 1.54) is 18.2 Å². The zero-order valence-corrected chi connectivity index (χ0v) is 18.0. The first-order valence-corrected chi connectivity index (χ1v) is 10.3. The van der Waals surface area contributed by atoms with Gasteiger partial charge in [0, 0.05) is 0 Å². The van der Waals surface area contributed by atoms with Crippen molar-refractivity contribution in [3.05, 3.63) is 63.3 Å². The zero-order valence-electron chi connectivity index (χ0n) is 16.4. The average molecular weight is 465 g/mol. The number of carbonyl (C=O) groups is 3. The molecule has 2 aromatic carbocycles. The molecule has 1 heterocycles. The molecule has 31 heavy (non-hydrogen) atoms. The van der Waals surface area contributed by atoms with E-state index in [4.69, 9.17) is 26.8 Å². The lowest BCUT2D eigenvalue weighted by molar-refractivity contribution is -0.127. The van der Waals surface area contributed by atoms with E-state index in [0.29, 0.717) is 35.4 Å². The summed E-state index contributed by atoms with van der Waals surface area (Å²) in [4.78, 5) is 36.4. The van der Waals surface area contributed by atoms with Crippen LogP contribution in [0.1, 0.15) is 18.1 Å². The van der Waals surface area contributed by atoms with Crippen LogP contribution in [0, 0.1) is 5.82 Å². The van der Waals surface area contributed by atoms with Gasteiger partial charge in [-0.15, -0.1) is 0 Å². The number of primary amides is 1. The summed E-state index contributed by atoms with van der Waals surface area (Å²) < 4.78 is 24.5. The second-order valence-electron chi connectivity index (χ2n) is 6.41. The molecule has 0 radical (unpaired) electrons. The SMILES string of the molecule is CCOc1cc(/C=C2\SC(=O)N(CC(N)=O)C2=O)cc(Cl)c1OCc1ccc(F)cc1. The van der Waals surface area contributed by atoms with Crippen molar-refractivity contribution in [1.29, 1.82) is 0 Å². The van der Waals surface area contributed by atoms with E-state index in [0.717, 1.165) is 10.5 Å². The van der Waals surface area contributed by atoms with E-state index >= 15 is 0 Å². The van der Waals surface area contributed by atoms with Crippen molar-refractivity contribution < 1.29 is 28.2 Å². The highest BCUT2D eigenvalue weighted by molar-refractivity contribution is 8.18. The van der Waals surface area contributed by atoms with Crippen LogP contribution in [0.4, 0.5) is 9.18 Å². The molecule has 0 bridgehead atoms. The van der Waals surface area contributed by atoms with Gasteiger partial charge in [-0.1, -0.05) is 23.7 Å². The van der Waals surface area contributed by atoms with Crippen LogP contribution < -0.4 is 15.2 Å². The summed E-state index contributed by atoms with van der Waals surface area (Å²) in [5.41, 5.74) is 6.33. The second-order valence-corrected chi connectivity index (χ2v) is 7.81. The molecule has 7 nitrogen and oxygen atoms in total. The maximum Gasteiger partial charge on any atom is 0.294 e. The lowest BCUT2D eigenvalue weighted by Crippen LogP contribution is -2.36. The Bertz CT molecular complexity index is 1060. The topological polar surface area (TPSA) is 98.9 Å². The molecular weight excluding hydrogens is 447 g/mol. The van der Waals surface area contributed by atoms with Gasteiger partial charge in [-0.2, -0.15) is 0 Å². The molecule has 0 aromatic heterocycles. The molecule has 0 atom stereocenters. The first-order chi connectivity index (χ1) is 14.8. The maximum atomic E-state index is 13.1. The average Bonchev–Trinajstić information content (AvgIpc) is 2.96. The molecule has 2 aromatic rings. The lowest BCUT2D eigenvalue weighted by atomic mass is 10.1. The Balaban J connectivity index is 1.85. The van der Waals surface area contributed by atoms with Crippen molar-refractivity contribution in [2.24, 2.45) is 5.73 Å². The van der Waals surface area contributed by atoms with Crippen molar-refractivity contribution >= 4 is 46.5 Å². The predicted molar refractivity (Wildman–Crippen MR) is 115 cm³/mol. The number of nitrogens with two attached hydrogens (primary N) is 1. The Morgan fingerprint density at radius 2 is 1.94 bits per heavy atom. The van der Waals surface area contributed by atoms with Gasteiger partial charge in [-0.25, -0.2) is 4.39 Å². The van der Waals surface area contributed by atoms with Gasteiger partial charge in [0.1, 0.15) is 19.0 Å². The van der Waals surface area contributed by atoms with Crippen LogP contribution in [-0.2, 0) is 16.2 Å². The number of halogens is 2. The second kappa shape index (κ2) is 9.84. The Hall–Kier alpha value is -3.04. The van der Waals surface area contributed by atoms with Crippen molar-refractivity contribution in [2.75, 3.05) is 13.2 Å². The first-order valence-electron chi connectivity index (χ1n) is 9.15. The van der Waals surface area contributed by atoms with Gasteiger partial charge in [0.25, 0.3) is 11.1 Å². The van der Waals surface area contributed by atoms with Gasteiger partial charge < -0.3 is 15.2 Å². The molecule has 0 aliphatic carbocycles. The molecule has 0 spiro atoms. The van der Waals surface area contributed by atoms with E-state index in [9.17, 15) is 18.8 Å². The number of carbonyl (C=O) groups excluding carboxylic acids is 3. The normalized spacial score (nSPS) is 14.9. The van der Waals surface area contributed by atoms with E-state index in [2.05, 4.69) is 0 Å². The van der Waals surface area contributed by atoms with Gasteiger partial charge in [-0.3, -0.25) is 19.3 Å². The van der Waals surface area contributed by atoms with Crippen LogP contribution in [0.5, 0.6) is 11.5 Å². The molecule has 162 valence electrons. The summed E-state index contributed by atoms with van der Waals surface area (Å²) in [6, 6.07) is 9.04. The molecular formula is C21H18ClFN2O5S. The number of benzene rings is 2. The molecule has 2 N–H and O–H groups in total. The van der Waals surface area contributed by atoms with Gasteiger partial charge in [0.05, 0.1) is 16.5 Å². The molecule has 3 amide bonds. The third-order valence-corrected chi connectivity index (χ3v) is 5.30. The Labute approximate surface area is 186 Å². The minimum atomic E-state index is -0.784. The number of imide groups is 1. The summed E-state index contributed by atoms with van der Waals surface area (Å²) in [6.45, 7) is 1.79. The third-order valence-electron chi connectivity index (χ3n) is 4.11. The standard InChI is InChI=1S/C21H18ClFN2O5S/c1-2-29-16-8-13(9-17-20(27)25(10-18(24)26)21(28)31-17)7-15(22)19(16)30-11-12-3-5-14(23)6-4-12/h3-9H,2,10-11H2,1H3,(H2,24,26)/b17-9-. The first kappa shape index (κ1) is 22.6. The van der Waals surface area contributed by atoms with E-state index in [1.54, 1.807) is 31.2 Å². The van der Waals surface area contributed by atoms with Crippen molar-refractivity contribution in [3.63, 3.8) is 0 Å². The summed E-state index contributed by atoms with van der Waals surface area (Å²) in [5.74, 6) is -1.10. The lowest BCUT2D eigenvalue weighted by Gasteiger charge is -2.15. The molecule has 1 aliphatic rings. The van der Waals surface area contributed by atoms with Crippen molar-refractivity contribution in [2.45, 2.75) is 13.5 Å². The monoisotopic (exact) mass is 464 g/mol. The molecule has 1 fully saturated rings. The van der Waals surface area contributed by atoms with E-state index < -0.39 is 23.6 Å². The van der Waals surface area contributed by atoms with Gasteiger partial charge in [0.15, 0.2) is 11.5 Å². The van der Waals surface area contributed by atoms with Gasteiger partial charge in [0.2, 0.25) is 5.91 Å². The zero-order chi connectivity index (χ0) is 22.5. The fraction of sp³-hybridized carbons (Fsp3) is 0.190. The van der Waals surface area contributed by atoms with E-state index in [1.807, 2.05) is 0 Å². The van der Waals surface area contributed by atoms with Crippen LogP contribution in [-0.4, -0.2) is 35.1 Å². The largest absolute Gasteiger partial charge is 0.490 e. The van der Waals surface area contributed by atoms with Crippen LogP contribution in [0.3, 0.4) is 0 Å². The fourth-order valence-corrected chi connectivity index (χ4v) is 3.87. The van der Waals surface area contributed by atoms with E-state index in [-0.39, 0.29) is 22.4 Å². The molecule has 3 rings (SSSR count). The highest BCUT2D eigenvalue weighted by atomic mass is 35.5. The van der Waals surface area contributed by atoms with Crippen LogP contribution in [0.2, 0.25) is 5.02 Å². The Kier molecular flexibility index (Phi) is 7.19. The number of hydrogen-bond donors (Lipinski definition) is 1. The summed E-state index contributed by atoms with van der Waals surface area (Å²) in [7, 11) is 0. The number of amides is 3. The Morgan fingerprint density at radius 1 is 1.23 bits per heavy atom. The Morgan fingerprint density at radius 3 is 2.58 bits per heavy atom. The fourth-order valence-electron chi connectivity index (χ4n) is 2.75. The summed E-state index contributed by atoms with van der Waals surface area (Å²) >= 11 is 7.09. The molecule has 1 saturated heterocycles. The number of nitrogens with zero attached hydrogens (tertiary/aromatic N) is 1. The minimum Gasteiger partial charge on any atom is -0.490 e. The summed E-state index contributed by atoms with van der Waals surface area (Å²) in [6.07, 6.45) is 1.48. The predicted octanol–water partition coefficient (Wildman–Crippen LogP) is 3.98. The van der Waals surface area contributed by atoms with Crippen LogP contribution >= 0.6 is 23.4 Å². The van der Waals surface area contributed by atoms with Crippen LogP contribution in [0.15, 0.2) is 41.3 Å². The van der Waals surface area contributed by atoms with Crippen molar-refractivity contribution in [1.82, 2.24) is 4.90 Å². The maximum absolute atomic E-state index is 13.1. The van der Waals surface area contributed by atoms with Crippen molar-refractivity contribution in [3.8, 4) is 11.5 Å². The highest BCUT2D eigenvalue weighted by Crippen LogP contribution is 2.39. The smallest absolute Gasteiger partial charge is 0.294 e. The third kappa shape index (κ3) is 5.56. The molecule has 0 unspecified atom stereocenters. The molecule has 0 saturated carbocycles. The quantitative estimate of drug-likeness (QED) is 0.593.